The number of amides is 2. The second-order valence-corrected chi connectivity index (χ2v) is 4.50. The highest BCUT2D eigenvalue weighted by Gasteiger charge is 2.20. The maximum absolute atomic E-state index is 12.2. The molecule has 6 nitrogen and oxygen atoms in total. The lowest BCUT2D eigenvalue weighted by Gasteiger charge is -2.23. The third-order valence-electron chi connectivity index (χ3n) is 2.91. The number of benzene rings is 1. The van der Waals surface area contributed by atoms with Crippen LogP contribution in [0, 0.1) is 0 Å². The SMILES string of the molecule is COC(CN)CC(=O)N(CC(N)=O)Cc1ccccc1.Cl. The van der Waals surface area contributed by atoms with E-state index < -0.39 is 5.91 Å². The lowest BCUT2D eigenvalue weighted by Crippen LogP contribution is -2.40. The monoisotopic (exact) mass is 315 g/mol. The Kier molecular flexibility index (Phi) is 9.36. The molecule has 1 rings (SSSR count). The quantitative estimate of drug-likeness (QED) is 0.720. The van der Waals surface area contributed by atoms with Crippen molar-refractivity contribution in [1.29, 1.82) is 0 Å². The summed E-state index contributed by atoms with van der Waals surface area (Å²) in [5.41, 5.74) is 11.6. The third kappa shape index (κ3) is 7.08. The van der Waals surface area contributed by atoms with Crippen molar-refractivity contribution in [3.8, 4) is 0 Å². The molecule has 1 atom stereocenters. The molecule has 0 bridgehead atoms. The van der Waals surface area contributed by atoms with Gasteiger partial charge in [0.05, 0.1) is 19.1 Å². The normalized spacial score (nSPS) is 11.3. The van der Waals surface area contributed by atoms with Crippen LogP contribution in [0.3, 0.4) is 0 Å². The van der Waals surface area contributed by atoms with Crippen LogP contribution in [-0.4, -0.2) is 43.0 Å². The van der Waals surface area contributed by atoms with Crippen LogP contribution in [0.2, 0.25) is 0 Å². The van der Waals surface area contributed by atoms with Crippen LogP contribution in [0.4, 0.5) is 0 Å². The molecule has 4 N–H and O–H groups in total. The van der Waals surface area contributed by atoms with Gasteiger partial charge in [-0.15, -0.1) is 12.4 Å². The fourth-order valence-corrected chi connectivity index (χ4v) is 1.81. The van der Waals surface area contributed by atoms with Gasteiger partial charge in [-0.3, -0.25) is 9.59 Å². The average Bonchev–Trinajstić information content (AvgIpc) is 2.44. The van der Waals surface area contributed by atoms with E-state index in [1.165, 1.54) is 12.0 Å². The maximum atomic E-state index is 12.2. The van der Waals surface area contributed by atoms with Gasteiger partial charge in [0.1, 0.15) is 0 Å². The van der Waals surface area contributed by atoms with E-state index in [0.29, 0.717) is 6.54 Å². The summed E-state index contributed by atoms with van der Waals surface area (Å²) in [4.78, 5) is 24.7. The van der Waals surface area contributed by atoms with Gasteiger partial charge in [-0.1, -0.05) is 30.3 Å². The van der Waals surface area contributed by atoms with Gasteiger partial charge in [0, 0.05) is 20.2 Å². The lowest BCUT2D eigenvalue weighted by molar-refractivity contribution is -0.137. The molecule has 0 spiro atoms. The second-order valence-electron chi connectivity index (χ2n) is 4.50. The number of carbonyl (C=O) groups is 2. The zero-order valence-corrected chi connectivity index (χ0v) is 12.8. The Morgan fingerprint density at radius 3 is 2.38 bits per heavy atom. The molecule has 1 aromatic rings. The zero-order valence-electron chi connectivity index (χ0n) is 12.0. The number of primary amides is 1. The van der Waals surface area contributed by atoms with Gasteiger partial charge >= 0.3 is 0 Å². The Labute approximate surface area is 130 Å². The fraction of sp³-hybridized carbons (Fsp3) is 0.429. The molecular formula is C14H22ClN3O3. The maximum Gasteiger partial charge on any atom is 0.237 e. The first-order valence-electron chi connectivity index (χ1n) is 6.39. The Morgan fingerprint density at radius 2 is 1.90 bits per heavy atom. The number of nitrogens with zero attached hydrogens (tertiary/aromatic N) is 1. The van der Waals surface area contributed by atoms with Crippen LogP contribution in [0.15, 0.2) is 30.3 Å². The van der Waals surface area contributed by atoms with Crippen LogP contribution in [0.5, 0.6) is 0 Å². The number of rotatable bonds is 8. The summed E-state index contributed by atoms with van der Waals surface area (Å²) in [6.07, 6.45) is -0.221. The van der Waals surface area contributed by atoms with Crippen molar-refractivity contribution >= 4 is 24.2 Å². The molecule has 0 saturated carbocycles. The summed E-state index contributed by atoms with van der Waals surface area (Å²) in [6, 6.07) is 9.41. The molecule has 0 radical (unpaired) electrons. The van der Waals surface area contributed by atoms with Crippen molar-refractivity contribution in [3.63, 3.8) is 0 Å². The van der Waals surface area contributed by atoms with Crippen molar-refractivity contribution < 1.29 is 14.3 Å². The molecule has 0 fully saturated rings. The minimum absolute atomic E-state index is 0. The largest absolute Gasteiger partial charge is 0.380 e. The van der Waals surface area contributed by atoms with E-state index in [1.807, 2.05) is 30.3 Å². The van der Waals surface area contributed by atoms with E-state index in [4.69, 9.17) is 16.2 Å². The molecule has 2 amide bonds. The summed E-state index contributed by atoms with van der Waals surface area (Å²) in [7, 11) is 1.50. The molecule has 0 aliphatic rings. The molecule has 0 aliphatic heterocycles. The Bertz CT molecular complexity index is 438. The molecule has 0 aliphatic carbocycles. The van der Waals surface area contributed by atoms with Crippen LogP contribution in [-0.2, 0) is 20.9 Å². The number of ether oxygens (including phenoxy) is 1. The van der Waals surface area contributed by atoms with Crippen molar-refractivity contribution in [2.24, 2.45) is 11.5 Å². The highest BCUT2D eigenvalue weighted by atomic mass is 35.5. The molecule has 1 unspecified atom stereocenters. The first-order chi connectivity index (χ1) is 9.56. The van der Waals surface area contributed by atoms with Crippen molar-refractivity contribution in [1.82, 2.24) is 4.90 Å². The predicted molar refractivity (Wildman–Crippen MR) is 82.8 cm³/mol. The molecule has 0 saturated heterocycles. The van der Waals surface area contributed by atoms with E-state index >= 15 is 0 Å². The summed E-state index contributed by atoms with van der Waals surface area (Å²) in [5, 5.41) is 0. The van der Waals surface area contributed by atoms with Crippen molar-refractivity contribution in [2.75, 3.05) is 20.2 Å². The van der Waals surface area contributed by atoms with Gasteiger partial charge < -0.3 is 21.1 Å². The first-order valence-corrected chi connectivity index (χ1v) is 6.39. The Hall–Kier alpha value is -1.63. The van der Waals surface area contributed by atoms with E-state index in [1.54, 1.807) is 0 Å². The van der Waals surface area contributed by atoms with E-state index in [2.05, 4.69) is 0 Å². The Balaban J connectivity index is 0.00000400. The first kappa shape index (κ1) is 19.4. The Morgan fingerprint density at radius 1 is 1.29 bits per heavy atom. The molecule has 0 heterocycles. The zero-order chi connectivity index (χ0) is 15.0. The number of carbonyl (C=O) groups excluding carboxylic acids is 2. The molecule has 7 heteroatoms. The second kappa shape index (κ2) is 10.1. The van der Waals surface area contributed by atoms with Gasteiger partial charge in [0.25, 0.3) is 0 Å². The number of methoxy groups -OCH3 is 1. The topological polar surface area (TPSA) is 98.7 Å². The van der Waals surface area contributed by atoms with E-state index in [-0.39, 0.29) is 43.9 Å². The highest BCUT2D eigenvalue weighted by molar-refractivity contribution is 5.85. The van der Waals surface area contributed by atoms with Gasteiger partial charge in [-0.05, 0) is 5.56 Å². The molecule has 118 valence electrons. The summed E-state index contributed by atoms with van der Waals surface area (Å²) in [6.45, 7) is 0.469. The molecule has 0 aromatic heterocycles. The van der Waals surface area contributed by atoms with Gasteiger partial charge in [-0.2, -0.15) is 0 Å². The number of nitrogens with two attached hydrogens (primary N) is 2. The third-order valence-corrected chi connectivity index (χ3v) is 2.91. The van der Waals surface area contributed by atoms with Crippen LogP contribution < -0.4 is 11.5 Å². The predicted octanol–water partition coefficient (Wildman–Crippen LogP) is 0.286. The minimum Gasteiger partial charge on any atom is -0.380 e. The summed E-state index contributed by atoms with van der Waals surface area (Å²) < 4.78 is 5.09. The van der Waals surface area contributed by atoms with Gasteiger partial charge in [0.15, 0.2) is 0 Å². The summed E-state index contributed by atoms with van der Waals surface area (Å²) in [5.74, 6) is -0.749. The van der Waals surface area contributed by atoms with Gasteiger partial charge in [-0.25, -0.2) is 0 Å². The smallest absolute Gasteiger partial charge is 0.237 e. The van der Waals surface area contributed by atoms with Crippen LogP contribution >= 0.6 is 12.4 Å². The molecule has 1 aromatic carbocycles. The van der Waals surface area contributed by atoms with Crippen LogP contribution in [0.25, 0.3) is 0 Å². The fourth-order valence-electron chi connectivity index (χ4n) is 1.81. The van der Waals surface area contributed by atoms with Crippen molar-refractivity contribution in [3.05, 3.63) is 35.9 Å². The number of hydrogen-bond acceptors (Lipinski definition) is 4. The van der Waals surface area contributed by atoms with Crippen molar-refractivity contribution in [2.45, 2.75) is 19.1 Å². The minimum atomic E-state index is -0.545. The lowest BCUT2D eigenvalue weighted by atomic mass is 10.1. The van der Waals surface area contributed by atoms with E-state index in [0.717, 1.165) is 5.56 Å². The molecule has 21 heavy (non-hydrogen) atoms. The van der Waals surface area contributed by atoms with E-state index in [9.17, 15) is 9.59 Å². The molecular weight excluding hydrogens is 294 g/mol. The highest BCUT2D eigenvalue weighted by Crippen LogP contribution is 2.08. The number of hydrogen-bond donors (Lipinski definition) is 2. The van der Waals surface area contributed by atoms with Crippen LogP contribution in [0.1, 0.15) is 12.0 Å². The summed E-state index contributed by atoms with van der Waals surface area (Å²) >= 11 is 0. The average molecular weight is 316 g/mol. The standard InChI is InChI=1S/C14H21N3O3.ClH/c1-20-12(8-15)7-14(19)17(10-13(16)18)9-11-5-3-2-4-6-11;/h2-6,12H,7-10,15H2,1H3,(H2,16,18);1H. The number of halogens is 1. The van der Waals surface area contributed by atoms with Gasteiger partial charge in [0.2, 0.25) is 11.8 Å².